The minimum absolute atomic E-state index is 1.26. The first-order chi connectivity index (χ1) is 20.3. The number of hydrogen-bond acceptors (Lipinski definition) is 0. The van der Waals surface area contributed by atoms with E-state index in [1.165, 1.54) is 204 Å². The van der Waals surface area contributed by atoms with Crippen LogP contribution in [-0.2, 0) is 6.54 Å². The van der Waals surface area contributed by atoms with Gasteiger partial charge < -0.3 is 4.48 Å². The lowest BCUT2D eigenvalue weighted by molar-refractivity contribution is -0.941. The molecular weight excluding hydrogens is 494 g/mol. The van der Waals surface area contributed by atoms with Crippen LogP contribution in [0.4, 0.5) is 0 Å². The van der Waals surface area contributed by atoms with E-state index in [0.29, 0.717) is 0 Å². The Bertz CT molecular complexity index is 568. The van der Waals surface area contributed by atoms with Crippen LogP contribution in [0.3, 0.4) is 0 Å². The lowest BCUT2D eigenvalue weighted by Crippen LogP contribution is -2.49. The minimum Gasteiger partial charge on any atom is -0.320 e. The molecule has 1 aromatic carbocycles. The molecule has 0 saturated carbocycles. The van der Waals surface area contributed by atoms with Crippen molar-refractivity contribution in [1.29, 1.82) is 0 Å². The molecule has 0 N–H and O–H groups in total. The highest BCUT2D eigenvalue weighted by atomic mass is 15.3. The van der Waals surface area contributed by atoms with E-state index in [4.69, 9.17) is 0 Å². The summed E-state index contributed by atoms with van der Waals surface area (Å²) in [6, 6.07) is 11.5. The maximum atomic E-state index is 2.40. The molecule has 1 nitrogen and oxygen atoms in total. The van der Waals surface area contributed by atoms with Crippen LogP contribution < -0.4 is 0 Å². The maximum absolute atomic E-state index is 2.40. The quantitative estimate of drug-likeness (QED) is 0.0597. The van der Waals surface area contributed by atoms with Crippen LogP contribution in [0.15, 0.2) is 30.3 Å². The Balaban J connectivity index is 2.60. The Kier molecular flexibility index (Phi) is 27.3. The molecule has 0 unspecified atom stereocenters. The van der Waals surface area contributed by atoms with Gasteiger partial charge in [0, 0.05) is 5.56 Å². The SMILES string of the molecule is CCCCCCCCCCC[N+](CCCCCCCCCCC)(CCCCCCCCCCC)Cc1ccccc1. The molecule has 1 aromatic rings. The van der Waals surface area contributed by atoms with E-state index in [0.717, 1.165) is 0 Å². The fraction of sp³-hybridized carbons (Fsp3) is 0.850. The van der Waals surface area contributed by atoms with Gasteiger partial charge in [-0.2, -0.15) is 0 Å². The van der Waals surface area contributed by atoms with Gasteiger partial charge in [-0.3, -0.25) is 0 Å². The Morgan fingerprint density at radius 3 is 0.902 bits per heavy atom. The van der Waals surface area contributed by atoms with Crippen molar-refractivity contribution in [2.24, 2.45) is 0 Å². The van der Waals surface area contributed by atoms with Gasteiger partial charge in [0.15, 0.2) is 0 Å². The molecule has 0 saturated heterocycles. The normalized spacial score (nSPS) is 11.9. The van der Waals surface area contributed by atoms with Crippen LogP contribution in [0, 0.1) is 0 Å². The van der Waals surface area contributed by atoms with Crippen molar-refractivity contribution in [3.05, 3.63) is 35.9 Å². The summed E-state index contributed by atoms with van der Waals surface area (Å²) in [4.78, 5) is 0. The Hall–Kier alpha value is -0.820. The molecule has 0 fully saturated rings. The van der Waals surface area contributed by atoms with Gasteiger partial charge in [0.25, 0.3) is 0 Å². The summed E-state index contributed by atoms with van der Waals surface area (Å²) in [5.41, 5.74) is 1.57. The van der Waals surface area contributed by atoms with Crippen molar-refractivity contribution in [3.63, 3.8) is 0 Å². The number of quaternary nitrogens is 1. The summed E-state index contributed by atoms with van der Waals surface area (Å²) in [5, 5.41) is 0. The van der Waals surface area contributed by atoms with Crippen LogP contribution in [0.1, 0.15) is 200 Å². The molecule has 0 bridgehead atoms. The first kappa shape index (κ1) is 38.2. The highest BCUT2D eigenvalue weighted by molar-refractivity contribution is 5.13. The van der Waals surface area contributed by atoms with Crippen molar-refractivity contribution in [2.45, 2.75) is 201 Å². The largest absolute Gasteiger partial charge is 0.320 e. The van der Waals surface area contributed by atoms with Gasteiger partial charge in [0.2, 0.25) is 0 Å². The average molecular weight is 571 g/mol. The molecule has 1 heteroatoms. The second-order valence-electron chi connectivity index (χ2n) is 13.6. The fourth-order valence-electron chi connectivity index (χ4n) is 6.82. The number of unbranched alkanes of at least 4 members (excludes halogenated alkanes) is 24. The minimum atomic E-state index is 1.26. The monoisotopic (exact) mass is 571 g/mol. The van der Waals surface area contributed by atoms with Gasteiger partial charge >= 0.3 is 0 Å². The third-order valence-corrected chi connectivity index (χ3v) is 9.57. The molecule has 240 valence electrons. The zero-order chi connectivity index (χ0) is 29.5. The number of benzene rings is 1. The van der Waals surface area contributed by atoms with Crippen molar-refractivity contribution in [2.75, 3.05) is 19.6 Å². The topological polar surface area (TPSA) is 0 Å². The van der Waals surface area contributed by atoms with Gasteiger partial charge in [-0.1, -0.05) is 186 Å². The summed E-state index contributed by atoms with van der Waals surface area (Å²) in [7, 11) is 0. The first-order valence-corrected chi connectivity index (χ1v) is 19.2. The smallest absolute Gasteiger partial charge is 0.104 e. The molecule has 41 heavy (non-hydrogen) atoms. The van der Waals surface area contributed by atoms with Crippen molar-refractivity contribution in [1.82, 2.24) is 0 Å². The molecule has 1 rings (SSSR count). The summed E-state index contributed by atoms with van der Waals surface area (Å²) >= 11 is 0. The zero-order valence-electron chi connectivity index (χ0n) is 28.8. The summed E-state index contributed by atoms with van der Waals surface area (Å²) in [6.07, 6.45) is 38.8. The van der Waals surface area contributed by atoms with Crippen LogP contribution in [-0.4, -0.2) is 24.1 Å². The van der Waals surface area contributed by atoms with Crippen molar-refractivity contribution in [3.8, 4) is 0 Å². The zero-order valence-corrected chi connectivity index (χ0v) is 28.8. The Morgan fingerprint density at radius 2 is 0.610 bits per heavy atom. The van der Waals surface area contributed by atoms with E-state index in [2.05, 4.69) is 51.1 Å². The number of nitrogens with zero attached hydrogens (tertiary/aromatic N) is 1. The van der Waals surface area contributed by atoms with Crippen LogP contribution in [0.5, 0.6) is 0 Å². The fourth-order valence-corrected chi connectivity index (χ4v) is 6.82. The van der Waals surface area contributed by atoms with Gasteiger partial charge in [0.1, 0.15) is 6.54 Å². The molecular formula is C40H76N+. The number of hydrogen-bond donors (Lipinski definition) is 0. The predicted molar refractivity (Wildman–Crippen MR) is 187 cm³/mol. The lowest BCUT2D eigenvalue weighted by Gasteiger charge is -2.39. The van der Waals surface area contributed by atoms with Crippen molar-refractivity contribution < 1.29 is 4.48 Å². The summed E-state index contributed by atoms with van der Waals surface area (Å²) in [6.45, 7) is 12.4. The molecule has 0 atom stereocenters. The van der Waals surface area contributed by atoms with Crippen LogP contribution in [0.25, 0.3) is 0 Å². The van der Waals surface area contributed by atoms with Gasteiger partial charge in [0.05, 0.1) is 19.6 Å². The van der Waals surface area contributed by atoms with E-state index >= 15 is 0 Å². The van der Waals surface area contributed by atoms with E-state index in [-0.39, 0.29) is 0 Å². The standard InChI is InChI=1S/C40H76N/c1-4-7-10-13-16-19-22-25-31-36-41(39-40-34-29-28-30-35-40,37-32-26-23-20-17-14-11-8-5-2)38-33-27-24-21-18-15-12-9-6-3/h28-30,34-35H,4-27,31-33,36-39H2,1-3H3/q+1. The van der Waals surface area contributed by atoms with Crippen LogP contribution >= 0.6 is 0 Å². The molecule has 0 aliphatic rings. The second kappa shape index (κ2) is 29.3. The van der Waals surface area contributed by atoms with E-state index in [1.54, 1.807) is 5.56 Å². The predicted octanol–water partition coefficient (Wildman–Crippen LogP) is 13.6. The average Bonchev–Trinajstić information content (AvgIpc) is 2.99. The molecule has 0 aliphatic heterocycles. The van der Waals surface area contributed by atoms with Crippen molar-refractivity contribution >= 4 is 0 Å². The summed E-state index contributed by atoms with van der Waals surface area (Å²) < 4.78 is 1.35. The Morgan fingerprint density at radius 1 is 0.341 bits per heavy atom. The summed E-state index contributed by atoms with van der Waals surface area (Å²) in [5.74, 6) is 0. The van der Waals surface area contributed by atoms with E-state index in [9.17, 15) is 0 Å². The van der Waals surface area contributed by atoms with E-state index in [1.807, 2.05) is 0 Å². The second-order valence-corrected chi connectivity index (χ2v) is 13.6. The molecule has 0 amide bonds. The molecule has 0 aliphatic carbocycles. The Labute approximate surface area is 260 Å². The van der Waals surface area contributed by atoms with E-state index < -0.39 is 0 Å². The van der Waals surface area contributed by atoms with Gasteiger partial charge in [-0.25, -0.2) is 0 Å². The molecule has 0 aromatic heterocycles. The molecule has 0 heterocycles. The third kappa shape index (κ3) is 23.3. The highest BCUT2D eigenvalue weighted by Crippen LogP contribution is 2.23. The lowest BCUT2D eigenvalue weighted by atomic mass is 10.0. The highest BCUT2D eigenvalue weighted by Gasteiger charge is 2.26. The van der Waals surface area contributed by atoms with Gasteiger partial charge in [-0.15, -0.1) is 0 Å². The molecule has 0 spiro atoms. The maximum Gasteiger partial charge on any atom is 0.104 e. The van der Waals surface area contributed by atoms with Crippen LogP contribution in [0.2, 0.25) is 0 Å². The first-order valence-electron chi connectivity index (χ1n) is 19.2. The van der Waals surface area contributed by atoms with Gasteiger partial charge in [-0.05, 0) is 38.5 Å². The third-order valence-electron chi connectivity index (χ3n) is 9.57. The molecule has 0 radical (unpaired) electrons. The number of rotatable bonds is 32.